The number of hydrogen-bond acceptors (Lipinski definition) is 2. The largest absolute Gasteiger partial charge is 0.459 e. The third-order valence-corrected chi connectivity index (χ3v) is 3.11. The summed E-state index contributed by atoms with van der Waals surface area (Å²) < 4.78 is 5.48. The summed E-state index contributed by atoms with van der Waals surface area (Å²) >= 11 is 0. The molecule has 0 bridgehead atoms. The summed E-state index contributed by atoms with van der Waals surface area (Å²) in [5, 5.41) is 0. The van der Waals surface area contributed by atoms with Gasteiger partial charge in [-0.25, -0.2) is 0 Å². The number of rotatable bonds is 0. The summed E-state index contributed by atoms with van der Waals surface area (Å²) in [6.45, 7) is 0. The molecule has 1 aliphatic heterocycles. The van der Waals surface area contributed by atoms with Gasteiger partial charge in [0.15, 0.2) is 0 Å². The first-order valence-electron chi connectivity index (χ1n) is 5.03. The molecule has 1 spiro atoms. The molecular formula is C10H16O2. The molecule has 0 N–H and O–H groups in total. The summed E-state index contributed by atoms with van der Waals surface area (Å²) in [6.07, 6.45) is 8.82. The van der Waals surface area contributed by atoms with Crippen molar-refractivity contribution in [1.29, 1.82) is 0 Å². The molecule has 0 amide bonds. The minimum atomic E-state index is -0.0203. The van der Waals surface area contributed by atoms with Crippen LogP contribution in [0.25, 0.3) is 0 Å². The Hall–Kier alpha value is -0.530. The summed E-state index contributed by atoms with van der Waals surface area (Å²) in [5.41, 5.74) is -0.0203. The number of carbonyl (C=O) groups is 1. The van der Waals surface area contributed by atoms with Crippen LogP contribution >= 0.6 is 0 Å². The van der Waals surface area contributed by atoms with E-state index in [4.69, 9.17) is 4.74 Å². The molecule has 0 radical (unpaired) electrons. The number of carbonyl (C=O) groups excluding carboxylic acids is 1. The van der Waals surface area contributed by atoms with Crippen molar-refractivity contribution in [3.63, 3.8) is 0 Å². The van der Waals surface area contributed by atoms with Crippen molar-refractivity contribution >= 4 is 5.97 Å². The first kappa shape index (κ1) is 8.09. The van der Waals surface area contributed by atoms with Gasteiger partial charge in [-0.05, 0) is 38.5 Å². The Balaban J connectivity index is 2.02. The Labute approximate surface area is 73.3 Å². The monoisotopic (exact) mass is 168 g/mol. The second kappa shape index (κ2) is 3.08. The van der Waals surface area contributed by atoms with Gasteiger partial charge in [0.2, 0.25) is 0 Å². The molecule has 2 heteroatoms. The summed E-state index contributed by atoms with van der Waals surface area (Å²) in [7, 11) is 0. The van der Waals surface area contributed by atoms with E-state index in [9.17, 15) is 4.79 Å². The Kier molecular flexibility index (Phi) is 2.07. The third-order valence-electron chi connectivity index (χ3n) is 3.11. The molecule has 12 heavy (non-hydrogen) atoms. The zero-order valence-electron chi connectivity index (χ0n) is 7.47. The van der Waals surface area contributed by atoms with Crippen LogP contribution in [-0.2, 0) is 9.53 Å². The SMILES string of the molecule is O=C1CCCC2(CCCCC2)O1. The Morgan fingerprint density at radius 1 is 1.00 bits per heavy atom. The van der Waals surface area contributed by atoms with Gasteiger partial charge in [0, 0.05) is 6.42 Å². The molecule has 2 fully saturated rings. The molecule has 1 aliphatic carbocycles. The van der Waals surface area contributed by atoms with Gasteiger partial charge in [0.05, 0.1) is 0 Å². The van der Waals surface area contributed by atoms with E-state index in [-0.39, 0.29) is 11.6 Å². The lowest BCUT2D eigenvalue weighted by atomic mass is 9.80. The van der Waals surface area contributed by atoms with Crippen LogP contribution in [0, 0.1) is 0 Å². The quantitative estimate of drug-likeness (QED) is 0.519. The summed E-state index contributed by atoms with van der Waals surface area (Å²) in [5.74, 6) is 0.0307. The van der Waals surface area contributed by atoms with E-state index in [0.717, 1.165) is 25.7 Å². The van der Waals surface area contributed by atoms with Gasteiger partial charge >= 0.3 is 5.97 Å². The van der Waals surface area contributed by atoms with E-state index in [2.05, 4.69) is 0 Å². The standard InChI is InChI=1S/C10H16O2/c11-9-5-4-8-10(12-9)6-2-1-3-7-10/h1-8H2. The second-order valence-corrected chi connectivity index (χ2v) is 4.07. The molecule has 0 atom stereocenters. The highest BCUT2D eigenvalue weighted by atomic mass is 16.6. The Morgan fingerprint density at radius 2 is 1.67 bits per heavy atom. The van der Waals surface area contributed by atoms with Crippen molar-refractivity contribution in [2.75, 3.05) is 0 Å². The molecule has 1 heterocycles. The van der Waals surface area contributed by atoms with Crippen LogP contribution in [0.3, 0.4) is 0 Å². The topological polar surface area (TPSA) is 26.3 Å². The van der Waals surface area contributed by atoms with Gasteiger partial charge in [-0.2, -0.15) is 0 Å². The van der Waals surface area contributed by atoms with Crippen LogP contribution in [-0.4, -0.2) is 11.6 Å². The fourth-order valence-electron chi connectivity index (χ4n) is 2.45. The van der Waals surface area contributed by atoms with Crippen molar-refractivity contribution in [3.8, 4) is 0 Å². The van der Waals surface area contributed by atoms with Crippen LogP contribution < -0.4 is 0 Å². The maximum atomic E-state index is 11.1. The van der Waals surface area contributed by atoms with Gasteiger partial charge in [-0.15, -0.1) is 0 Å². The first-order valence-corrected chi connectivity index (χ1v) is 5.03. The second-order valence-electron chi connectivity index (χ2n) is 4.07. The van der Waals surface area contributed by atoms with Gasteiger partial charge in [-0.1, -0.05) is 6.42 Å². The lowest BCUT2D eigenvalue weighted by Gasteiger charge is -2.39. The van der Waals surface area contributed by atoms with E-state index in [1.165, 1.54) is 19.3 Å². The molecular weight excluding hydrogens is 152 g/mol. The lowest BCUT2D eigenvalue weighted by Crippen LogP contribution is -2.40. The van der Waals surface area contributed by atoms with Crippen LogP contribution in [0.1, 0.15) is 51.4 Å². The molecule has 0 aromatic heterocycles. The van der Waals surface area contributed by atoms with Crippen molar-refractivity contribution in [2.24, 2.45) is 0 Å². The first-order chi connectivity index (χ1) is 5.81. The number of ether oxygens (including phenoxy) is 1. The fraction of sp³-hybridized carbons (Fsp3) is 0.900. The normalized spacial score (nSPS) is 28.5. The van der Waals surface area contributed by atoms with E-state index < -0.39 is 0 Å². The van der Waals surface area contributed by atoms with Crippen LogP contribution in [0.2, 0.25) is 0 Å². The predicted octanol–water partition coefficient (Wildman–Crippen LogP) is 2.42. The zero-order chi connectivity index (χ0) is 8.44. The maximum absolute atomic E-state index is 11.1. The Bertz CT molecular complexity index is 175. The smallest absolute Gasteiger partial charge is 0.306 e. The summed E-state index contributed by atoms with van der Waals surface area (Å²) in [4.78, 5) is 11.1. The third kappa shape index (κ3) is 1.47. The molecule has 1 saturated carbocycles. The molecule has 68 valence electrons. The van der Waals surface area contributed by atoms with Gasteiger partial charge < -0.3 is 4.74 Å². The average Bonchev–Trinajstić information content (AvgIpc) is 2.05. The molecule has 0 unspecified atom stereocenters. The van der Waals surface area contributed by atoms with Gasteiger partial charge in [0.25, 0.3) is 0 Å². The van der Waals surface area contributed by atoms with E-state index in [1.54, 1.807) is 0 Å². The highest BCUT2D eigenvalue weighted by Gasteiger charge is 2.38. The molecule has 0 aromatic carbocycles. The van der Waals surface area contributed by atoms with Crippen LogP contribution in [0.15, 0.2) is 0 Å². The van der Waals surface area contributed by atoms with E-state index in [1.807, 2.05) is 0 Å². The Morgan fingerprint density at radius 3 is 2.33 bits per heavy atom. The van der Waals surface area contributed by atoms with Crippen molar-refractivity contribution in [3.05, 3.63) is 0 Å². The van der Waals surface area contributed by atoms with Crippen LogP contribution in [0.5, 0.6) is 0 Å². The van der Waals surface area contributed by atoms with Crippen molar-refractivity contribution in [1.82, 2.24) is 0 Å². The number of esters is 1. The van der Waals surface area contributed by atoms with Gasteiger partial charge in [-0.3, -0.25) is 4.79 Å². The maximum Gasteiger partial charge on any atom is 0.306 e. The minimum Gasteiger partial charge on any atom is -0.459 e. The number of hydrogen-bond donors (Lipinski definition) is 0. The minimum absolute atomic E-state index is 0.0203. The molecule has 0 aromatic rings. The van der Waals surface area contributed by atoms with Crippen molar-refractivity contribution in [2.45, 2.75) is 57.0 Å². The van der Waals surface area contributed by atoms with Crippen LogP contribution in [0.4, 0.5) is 0 Å². The molecule has 1 saturated heterocycles. The van der Waals surface area contributed by atoms with E-state index >= 15 is 0 Å². The highest BCUT2D eigenvalue weighted by Crippen LogP contribution is 2.38. The average molecular weight is 168 g/mol. The molecule has 2 nitrogen and oxygen atoms in total. The predicted molar refractivity (Wildman–Crippen MR) is 45.8 cm³/mol. The lowest BCUT2D eigenvalue weighted by molar-refractivity contribution is -0.171. The van der Waals surface area contributed by atoms with Crippen molar-refractivity contribution < 1.29 is 9.53 Å². The van der Waals surface area contributed by atoms with Gasteiger partial charge in [0.1, 0.15) is 5.60 Å². The fourth-order valence-corrected chi connectivity index (χ4v) is 2.45. The molecule has 2 rings (SSSR count). The summed E-state index contributed by atoms with van der Waals surface area (Å²) in [6, 6.07) is 0. The highest BCUT2D eigenvalue weighted by molar-refractivity contribution is 5.70. The molecule has 2 aliphatic rings. The van der Waals surface area contributed by atoms with E-state index in [0.29, 0.717) is 6.42 Å². The zero-order valence-corrected chi connectivity index (χ0v) is 7.47.